The number of hydrogen-bond donors (Lipinski definition) is 4. The molecule has 8 heteroatoms. The Bertz CT molecular complexity index is 824. The first-order valence-corrected chi connectivity index (χ1v) is 12.5. The normalized spacial score (nSPS) is 14.3. The minimum Gasteiger partial charge on any atom is -0.320 e. The van der Waals surface area contributed by atoms with Gasteiger partial charge in [0.25, 0.3) is 5.91 Å². The van der Waals surface area contributed by atoms with Gasteiger partial charge in [-0.15, -0.1) is 0 Å². The second kappa shape index (κ2) is 15.3. The number of amides is 3. The highest BCUT2D eigenvalue weighted by atomic mass is 16.5. The molecule has 196 valence electrons. The average molecular weight is 489 g/mol. The molecule has 0 bridgehead atoms. The molecule has 1 aromatic carbocycles. The summed E-state index contributed by atoms with van der Waals surface area (Å²) in [5.74, 6) is -2.57. The number of carbonyl (C=O) groups is 3. The Balaban J connectivity index is 3.16. The zero-order valence-electron chi connectivity index (χ0n) is 22.0. The molecule has 3 atom stereocenters. The summed E-state index contributed by atoms with van der Waals surface area (Å²) in [6.07, 6.45) is 4.85. The van der Waals surface area contributed by atoms with Crippen molar-refractivity contribution >= 4 is 23.8 Å². The topological polar surface area (TPSA) is 125 Å². The molecule has 0 aromatic heterocycles. The summed E-state index contributed by atoms with van der Waals surface area (Å²) < 4.78 is 0. The van der Waals surface area contributed by atoms with Crippen LogP contribution in [0.1, 0.15) is 66.4 Å². The van der Waals surface area contributed by atoms with E-state index in [-0.39, 0.29) is 30.1 Å². The van der Waals surface area contributed by atoms with Gasteiger partial charge in [-0.3, -0.25) is 30.0 Å². The van der Waals surface area contributed by atoms with Crippen molar-refractivity contribution in [3.8, 4) is 0 Å². The predicted octanol–water partition coefficient (Wildman–Crippen LogP) is 3.76. The van der Waals surface area contributed by atoms with E-state index in [0.29, 0.717) is 19.4 Å². The molecule has 5 N–H and O–H groups in total. The van der Waals surface area contributed by atoms with Crippen LogP contribution in [-0.2, 0) is 14.4 Å². The Labute approximate surface area is 210 Å². The number of carbonyl (C=O) groups excluding carboxylic acids is 3. The van der Waals surface area contributed by atoms with Gasteiger partial charge in [0, 0.05) is 6.54 Å². The minimum atomic E-state index is -0.817. The first-order chi connectivity index (χ1) is 16.5. The SMILES string of the molecule is CC(C)C[C@H](N)C(=O)N(CC(C)C)NC(=O)[C@H](CC(C)C)[C@H](C/C=C/c1ccccc1)C(=O)NO. The lowest BCUT2D eigenvalue weighted by atomic mass is 9.82. The summed E-state index contributed by atoms with van der Waals surface area (Å²) in [7, 11) is 0. The third-order valence-electron chi connectivity index (χ3n) is 5.60. The van der Waals surface area contributed by atoms with E-state index in [0.717, 1.165) is 5.56 Å². The number of nitrogens with two attached hydrogens (primary N) is 1. The summed E-state index contributed by atoms with van der Waals surface area (Å²) in [4.78, 5) is 39.2. The third-order valence-corrected chi connectivity index (χ3v) is 5.60. The third kappa shape index (κ3) is 11.0. The number of nitrogens with zero attached hydrogens (tertiary/aromatic N) is 1. The number of allylic oxidation sites excluding steroid dienone is 1. The van der Waals surface area contributed by atoms with Crippen molar-refractivity contribution in [2.75, 3.05) is 6.54 Å². The van der Waals surface area contributed by atoms with Crippen molar-refractivity contribution in [2.24, 2.45) is 35.3 Å². The van der Waals surface area contributed by atoms with Gasteiger partial charge in [-0.2, -0.15) is 0 Å². The Morgan fingerprint density at radius 1 is 0.914 bits per heavy atom. The summed E-state index contributed by atoms with van der Waals surface area (Å²) in [6, 6.07) is 8.88. The molecule has 0 unspecified atom stereocenters. The minimum absolute atomic E-state index is 0.0967. The Kier molecular flexibility index (Phi) is 13.3. The number of hydrogen-bond acceptors (Lipinski definition) is 5. The first kappa shape index (κ1) is 30.3. The van der Waals surface area contributed by atoms with E-state index in [9.17, 15) is 19.6 Å². The number of rotatable bonds is 13. The van der Waals surface area contributed by atoms with Gasteiger partial charge in [0.1, 0.15) is 0 Å². The van der Waals surface area contributed by atoms with Crippen LogP contribution in [0.3, 0.4) is 0 Å². The second-order valence-electron chi connectivity index (χ2n) is 10.4. The number of hydrazine groups is 1. The van der Waals surface area contributed by atoms with Gasteiger partial charge in [-0.05, 0) is 42.6 Å². The van der Waals surface area contributed by atoms with Gasteiger partial charge in [0.15, 0.2) is 0 Å². The molecule has 3 amide bonds. The van der Waals surface area contributed by atoms with Crippen LogP contribution in [0, 0.1) is 29.6 Å². The van der Waals surface area contributed by atoms with E-state index < -0.39 is 29.7 Å². The Morgan fingerprint density at radius 3 is 2.03 bits per heavy atom. The molecule has 8 nitrogen and oxygen atoms in total. The van der Waals surface area contributed by atoms with Crippen molar-refractivity contribution in [3.05, 3.63) is 42.0 Å². The Hall–Kier alpha value is -2.71. The fraction of sp³-hybridized carbons (Fsp3) is 0.593. The van der Waals surface area contributed by atoms with Crippen molar-refractivity contribution in [1.82, 2.24) is 15.9 Å². The van der Waals surface area contributed by atoms with E-state index >= 15 is 0 Å². The fourth-order valence-electron chi connectivity index (χ4n) is 3.99. The van der Waals surface area contributed by atoms with E-state index in [1.54, 1.807) is 5.48 Å². The molecule has 0 fully saturated rings. The monoisotopic (exact) mass is 488 g/mol. The highest BCUT2D eigenvalue weighted by Gasteiger charge is 2.35. The van der Waals surface area contributed by atoms with Crippen LogP contribution < -0.4 is 16.6 Å². The van der Waals surface area contributed by atoms with Gasteiger partial charge >= 0.3 is 0 Å². The molecular formula is C27H44N4O4. The van der Waals surface area contributed by atoms with Crippen LogP contribution in [0.15, 0.2) is 36.4 Å². The quantitative estimate of drug-likeness (QED) is 0.249. The van der Waals surface area contributed by atoms with Crippen LogP contribution >= 0.6 is 0 Å². The van der Waals surface area contributed by atoms with Crippen molar-refractivity contribution in [2.45, 2.75) is 66.8 Å². The first-order valence-electron chi connectivity index (χ1n) is 12.5. The standard InChI is InChI=1S/C27H44N4O4/c1-18(2)15-23(22(26(33)30-35)14-10-13-21-11-8-7-9-12-21)25(32)29-31(17-20(5)6)27(34)24(28)16-19(3)4/h7-13,18-20,22-24,35H,14-17,28H2,1-6H3,(H,29,32)(H,30,33)/b13-10+/t22-,23+,24-/m0/s1. The maximum absolute atomic E-state index is 13.5. The van der Waals surface area contributed by atoms with E-state index in [2.05, 4.69) is 5.43 Å². The molecular weight excluding hydrogens is 444 g/mol. The van der Waals surface area contributed by atoms with Gasteiger partial charge in [0.2, 0.25) is 11.8 Å². The molecule has 1 rings (SSSR count). The van der Waals surface area contributed by atoms with E-state index in [1.807, 2.05) is 84.0 Å². The lowest BCUT2D eigenvalue weighted by Crippen LogP contribution is -2.56. The molecule has 0 heterocycles. The molecule has 0 saturated heterocycles. The van der Waals surface area contributed by atoms with Crippen LogP contribution in [0.25, 0.3) is 6.08 Å². The van der Waals surface area contributed by atoms with E-state index in [1.165, 1.54) is 5.01 Å². The van der Waals surface area contributed by atoms with Crippen molar-refractivity contribution in [3.63, 3.8) is 0 Å². The Morgan fingerprint density at radius 2 is 1.51 bits per heavy atom. The molecule has 0 aliphatic heterocycles. The second-order valence-corrected chi connectivity index (χ2v) is 10.4. The molecule has 35 heavy (non-hydrogen) atoms. The zero-order valence-corrected chi connectivity index (χ0v) is 22.0. The van der Waals surface area contributed by atoms with Gasteiger partial charge in [0.05, 0.1) is 17.9 Å². The maximum atomic E-state index is 13.5. The molecule has 0 saturated carbocycles. The summed E-state index contributed by atoms with van der Waals surface area (Å²) in [5.41, 5.74) is 11.6. The summed E-state index contributed by atoms with van der Waals surface area (Å²) in [6.45, 7) is 12.1. The smallest absolute Gasteiger partial charge is 0.257 e. The van der Waals surface area contributed by atoms with Crippen LogP contribution in [0.4, 0.5) is 0 Å². The molecule has 0 aliphatic rings. The molecule has 1 aromatic rings. The van der Waals surface area contributed by atoms with Gasteiger partial charge < -0.3 is 5.73 Å². The van der Waals surface area contributed by atoms with E-state index in [4.69, 9.17) is 5.73 Å². The largest absolute Gasteiger partial charge is 0.320 e. The summed E-state index contributed by atoms with van der Waals surface area (Å²) in [5, 5.41) is 10.7. The fourth-order valence-corrected chi connectivity index (χ4v) is 3.99. The maximum Gasteiger partial charge on any atom is 0.257 e. The molecule has 0 aliphatic carbocycles. The zero-order chi connectivity index (χ0) is 26.5. The van der Waals surface area contributed by atoms with Crippen molar-refractivity contribution < 1.29 is 19.6 Å². The highest BCUT2D eigenvalue weighted by Crippen LogP contribution is 2.26. The number of benzene rings is 1. The van der Waals surface area contributed by atoms with Crippen LogP contribution in [0.2, 0.25) is 0 Å². The molecule has 0 radical (unpaired) electrons. The lowest BCUT2D eigenvalue weighted by Gasteiger charge is -2.32. The van der Waals surface area contributed by atoms with Gasteiger partial charge in [-0.1, -0.05) is 84.0 Å². The average Bonchev–Trinajstić information content (AvgIpc) is 2.79. The van der Waals surface area contributed by atoms with Crippen molar-refractivity contribution in [1.29, 1.82) is 0 Å². The van der Waals surface area contributed by atoms with Crippen LogP contribution in [0.5, 0.6) is 0 Å². The number of nitrogens with one attached hydrogen (secondary N) is 2. The predicted molar refractivity (Wildman–Crippen MR) is 139 cm³/mol. The number of hydroxylamine groups is 1. The highest BCUT2D eigenvalue weighted by molar-refractivity contribution is 5.89. The summed E-state index contributed by atoms with van der Waals surface area (Å²) >= 11 is 0. The van der Waals surface area contributed by atoms with Gasteiger partial charge in [-0.25, -0.2) is 5.48 Å². The van der Waals surface area contributed by atoms with Crippen LogP contribution in [-0.4, -0.2) is 40.5 Å². The lowest BCUT2D eigenvalue weighted by molar-refractivity contribution is -0.148. The molecule has 0 spiro atoms.